The lowest BCUT2D eigenvalue weighted by atomic mass is 9.68. The predicted octanol–water partition coefficient (Wildman–Crippen LogP) is 17.2. The van der Waals surface area contributed by atoms with E-state index in [0.717, 1.165) is 0 Å². The molecule has 28 aromatic carbocycles. The van der Waals surface area contributed by atoms with Crippen molar-refractivity contribution in [2.24, 2.45) is 5.92 Å². The summed E-state index contributed by atoms with van der Waals surface area (Å²) >= 11 is 0. The van der Waals surface area contributed by atoms with Gasteiger partial charge in [0.05, 0.1) is 5.92 Å². The zero-order chi connectivity index (χ0) is 40.8. The predicted molar refractivity (Wildman–Crippen MR) is 286 cm³/mol. The Hall–Kier alpha value is -8.72. The number of Topliss-reactive ketones (excluding diaryl/α,β-unsaturated/α-hetero) is 1. The first-order valence-corrected chi connectivity index (χ1v) is 25.6. The number of carbonyl (C=O) groups excluding carboxylic acids is 1. The van der Waals surface area contributed by atoms with Crippen molar-refractivity contribution in [2.45, 2.75) is 10.8 Å². The Balaban J connectivity index is 1.18. The Morgan fingerprint density at radius 2 is 0.435 bits per heavy atom. The molecule has 2 nitrogen and oxygen atoms in total. The first-order chi connectivity index (χ1) is 34.4. The van der Waals surface area contributed by atoms with Crippen molar-refractivity contribution in [1.29, 1.82) is 0 Å². The average molecular weight is 840 g/mol. The lowest BCUT2D eigenvalue weighted by Crippen LogP contribution is -2.27. The molecule has 34 rings (SSSR count). The fourth-order valence-corrected chi connectivity index (χ4v) is 25.5. The van der Waals surface area contributed by atoms with Gasteiger partial charge in [0.2, 0.25) is 0 Å². The number of ketones is 1. The van der Waals surface area contributed by atoms with E-state index in [0.29, 0.717) is 5.69 Å². The van der Waals surface area contributed by atoms with Crippen LogP contribution in [0.2, 0.25) is 0 Å². The van der Waals surface area contributed by atoms with Crippen molar-refractivity contribution in [3.63, 3.8) is 0 Å². The number of nitrogens with zero attached hydrogens (tertiary/aromatic N) is 1. The summed E-state index contributed by atoms with van der Waals surface area (Å²) in [6, 6.07) is 6.11. The first-order valence-electron chi connectivity index (χ1n) is 25.6. The average Bonchev–Trinajstić information content (AvgIpc) is 4.29. The Kier molecular flexibility index (Phi) is 1.98. The van der Waals surface area contributed by atoms with Gasteiger partial charge in [-0.3, -0.25) is 9.78 Å². The van der Waals surface area contributed by atoms with Crippen LogP contribution in [-0.4, -0.2) is 10.8 Å². The van der Waals surface area contributed by atoms with Crippen LogP contribution in [0.15, 0.2) is 24.4 Å². The maximum atomic E-state index is 16.6. The van der Waals surface area contributed by atoms with Crippen LogP contribution >= 0.6 is 0 Å². The Morgan fingerprint density at radius 3 is 0.594 bits per heavy atom. The van der Waals surface area contributed by atoms with Gasteiger partial charge in [-0.2, -0.15) is 0 Å². The summed E-state index contributed by atoms with van der Waals surface area (Å²) in [5.41, 5.74) is 5.97. The second-order valence-corrected chi connectivity index (χ2v) is 25.4. The van der Waals surface area contributed by atoms with Crippen LogP contribution in [-0.2, 0) is 10.8 Å². The minimum atomic E-state index is -0.493. The third-order valence-electron chi connectivity index (χ3n) is 25.4. The molecule has 1 fully saturated rings. The summed E-state index contributed by atoms with van der Waals surface area (Å²) in [6.07, 6.45) is 1.88. The molecule has 69 heavy (non-hydrogen) atoms. The molecule has 5 aliphatic rings. The molecule has 2 heteroatoms. The number of hydrogen-bond acceptors (Lipinski definition) is 2. The molecule has 5 aliphatic carbocycles. The molecule has 1 aromatic heterocycles. The van der Waals surface area contributed by atoms with Crippen LogP contribution in [0, 0.1) is 5.92 Å². The summed E-state index contributed by atoms with van der Waals surface area (Å²) in [4.78, 5) is 21.6. The van der Waals surface area contributed by atoms with Gasteiger partial charge in [0, 0.05) is 17.0 Å². The van der Waals surface area contributed by atoms with Gasteiger partial charge >= 0.3 is 0 Å². The second-order valence-electron chi connectivity index (χ2n) is 25.4. The maximum absolute atomic E-state index is 16.6. The van der Waals surface area contributed by atoms with Crippen LogP contribution in [0.1, 0.15) is 32.7 Å². The molecule has 1 heterocycles. The van der Waals surface area contributed by atoms with E-state index in [-0.39, 0.29) is 11.7 Å². The minimum Gasteiger partial charge on any atom is -0.292 e. The van der Waals surface area contributed by atoms with E-state index >= 15 is 4.79 Å². The van der Waals surface area contributed by atoms with Crippen LogP contribution < -0.4 is 0 Å². The van der Waals surface area contributed by atoms with Gasteiger partial charge in [0.15, 0.2) is 5.78 Å². The topological polar surface area (TPSA) is 30.0 Å². The van der Waals surface area contributed by atoms with Crippen molar-refractivity contribution in [1.82, 2.24) is 4.98 Å². The van der Waals surface area contributed by atoms with Crippen molar-refractivity contribution in [2.75, 3.05) is 0 Å². The van der Waals surface area contributed by atoms with Crippen LogP contribution in [0.4, 0.5) is 0 Å². The summed E-state index contributed by atoms with van der Waals surface area (Å²) in [6.45, 7) is 0. The highest BCUT2D eigenvalue weighted by Crippen LogP contribution is 2.92. The van der Waals surface area contributed by atoms with Gasteiger partial charge in [-0.05, 0) is 325 Å². The first kappa shape index (κ1) is 24.9. The molecule has 0 aliphatic heterocycles. The highest BCUT2D eigenvalue weighted by atomic mass is 16.1. The van der Waals surface area contributed by atoms with Crippen molar-refractivity contribution >= 4 is 297 Å². The van der Waals surface area contributed by atoms with Crippen molar-refractivity contribution in [3.05, 3.63) is 52.3 Å². The SMILES string of the molecule is O=C(c1ccccn1)C1C23c4c5c6c7c8c9c(c%10c%11c2c2c4c4c%12c5c5c6c6c8c8c%13c9c9c%10c%10c%11c%11c2c2c4c4c%12c%12c5c5c6c8c6c8c%13c9c9c%10c%10c%11c2c2c4c4c%12c5c6c5c8c9c%10c2c45)C713. The molecular formula is C67H5NO. The number of pyridine rings is 1. The molecular weight excluding hydrogens is 835 g/mol. The van der Waals surface area contributed by atoms with Gasteiger partial charge in [0.25, 0.3) is 0 Å². The number of hydrogen-bond donors (Lipinski definition) is 0. The van der Waals surface area contributed by atoms with Crippen LogP contribution in [0.3, 0.4) is 0 Å². The van der Waals surface area contributed by atoms with E-state index in [9.17, 15) is 0 Å². The Labute approximate surface area is 373 Å². The molecule has 0 atom stereocenters. The van der Waals surface area contributed by atoms with E-state index in [2.05, 4.69) is 12.1 Å². The molecule has 0 unspecified atom stereocenters. The van der Waals surface area contributed by atoms with Crippen molar-refractivity contribution < 1.29 is 4.79 Å². The molecule has 0 amide bonds. The third-order valence-corrected chi connectivity index (χ3v) is 25.4. The summed E-state index contributed by atoms with van der Waals surface area (Å²) in [7, 11) is 0. The molecule has 0 saturated heterocycles. The molecule has 29 aromatic rings. The normalized spacial score (nSPS) is 23.4. The van der Waals surface area contributed by atoms with E-state index in [4.69, 9.17) is 4.98 Å². The van der Waals surface area contributed by atoms with Crippen LogP contribution in [0.25, 0.3) is 291 Å². The highest BCUT2D eigenvalue weighted by Gasteiger charge is 2.88. The molecule has 2 spiro atoms. The number of carbonyl (C=O) groups is 1. The molecule has 1 saturated carbocycles. The van der Waals surface area contributed by atoms with Gasteiger partial charge in [0.1, 0.15) is 5.69 Å². The molecule has 0 radical (unpaired) electrons. The Morgan fingerprint density at radius 1 is 0.261 bits per heavy atom. The molecule has 0 bridgehead atoms. The van der Waals surface area contributed by atoms with E-state index in [1.807, 2.05) is 12.3 Å². The van der Waals surface area contributed by atoms with Crippen molar-refractivity contribution in [3.8, 4) is 0 Å². The lowest BCUT2D eigenvalue weighted by molar-refractivity contribution is 0.0951. The fraction of sp³-hybridized carbons (Fsp3) is 0.0448. The quantitative estimate of drug-likeness (QED) is 0.128. The summed E-state index contributed by atoms with van der Waals surface area (Å²) in [5, 5.41) is 86.2. The van der Waals surface area contributed by atoms with E-state index < -0.39 is 10.8 Å². The van der Waals surface area contributed by atoms with Gasteiger partial charge in [-0.25, -0.2) is 0 Å². The number of aromatic nitrogens is 1. The number of rotatable bonds is 2. The summed E-state index contributed by atoms with van der Waals surface area (Å²) in [5.74, 6) is 0.0130. The van der Waals surface area contributed by atoms with Gasteiger partial charge in [-0.1, -0.05) is 6.07 Å². The third kappa shape index (κ3) is 1.28. The maximum Gasteiger partial charge on any atom is 0.186 e. The zero-order valence-corrected chi connectivity index (χ0v) is 34.7. The van der Waals surface area contributed by atoms with Crippen LogP contribution in [0.5, 0.6) is 0 Å². The highest BCUT2D eigenvalue weighted by molar-refractivity contribution is 6.82. The van der Waals surface area contributed by atoms with Gasteiger partial charge in [-0.15, -0.1) is 0 Å². The molecule has 284 valence electrons. The summed E-state index contributed by atoms with van der Waals surface area (Å²) < 4.78 is 0. The lowest BCUT2D eigenvalue weighted by Gasteiger charge is -2.32. The largest absolute Gasteiger partial charge is 0.292 e. The second kappa shape index (κ2) is 5.50. The number of benzene rings is 18. The smallest absolute Gasteiger partial charge is 0.186 e. The monoisotopic (exact) mass is 839 g/mol. The fourth-order valence-electron chi connectivity index (χ4n) is 25.5. The zero-order valence-electron chi connectivity index (χ0n) is 34.7. The standard InChI is InChI=1S/C67H5NO/c69-64(5-3-1-2-4-68-5)65-66-60-52-44-34-24-16-8-6-7-10-14-12(8)20-28-22(14)32-26-18(10)19-11(7)15-13-9(6)17(16)25-31-21(13)29-23(15)33-27(19)37-36(26)46-40(32)50-42(28)48(38(44)30(20)24)56(60)58(50)62-54(46)55-47(37)41(33)51-43(29)49-39(31)45(35(25)34)53(52)61(66)57(49)59(51)63(55)67(62,65)66/h1-4,65H. The molecule has 0 N–H and O–H groups in total. The van der Waals surface area contributed by atoms with Gasteiger partial charge < -0.3 is 0 Å². The van der Waals surface area contributed by atoms with E-state index in [1.54, 1.807) is 313 Å². The Bertz CT molecular complexity index is 6820. The van der Waals surface area contributed by atoms with E-state index in [1.165, 1.54) is 0 Å². The minimum absolute atomic E-state index is 0.256.